The lowest BCUT2D eigenvalue weighted by atomic mass is 10.1. The van der Waals surface area contributed by atoms with E-state index in [1.165, 1.54) is 12.3 Å². The molecular formula is C10H8F2N4O. The van der Waals surface area contributed by atoms with E-state index in [2.05, 4.69) is 19.9 Å². The zero-order valence-electron chi connectivity index (χ0n) is 8.55. The fourth-order valence-corrected chi connectivity index (χ4v) is 1.32. The number of hydrogen-bond acceptors (Lipinski definition) is 5. The van der Waals surface area contributed by atoms with Crippen LogP contribution in [0, 0.1) is 0 Å². The molecule has 7 heteroatoms. The second kappa shape index (κ2) is 4.69. The Morgan fingerprint density at radius 1 is 1.24 bits per heavy atom. The Bertz CT molecular complexity index is 521. The lowest BCUT2D eigenvalue weighted by Crippen LogP contribution is -2.04. The molecule has 1 aromatic carbocycles. The van der Waals surface area contributed by atoms with Gasteiger partial charge in [0.25, 0.3) is 0 Å². The number of para-hydroxylation sites is 1. The number of benzene rings is 1. The van der Waals surface area contributed by atoms with Crippen molar-refractivity contribution in [2.75, 3.05) is 5.73 Å². The maximum absolute atomic E-state index is 12.2. The minimum absolute atomic E-state index is 0.0161. The molecule has 0 amide bonds. The van der Waals surface area contributed by atoms with Gasteiger partial charge in [0.1, 0.15) is 5.75 Å². The number of hydrogen-bond donors (Lipinski definition) is 1. The number of aromatic nitrogens is 3. The molecule has 2 aromatic rings. The molecular weight excluding hydrogens is 230 g/mol. The molecule has 17 heavy (non-hydrogen) atoms. The highest BCUT2D eigenvalue weighted by Gasteiger charge is 2.12. The predicted octanol–water partition coefficient (Wildman–Crippen LogP) is 1.72. The Morgan fingerprint density at radius 2 is 2.00 bits per heavy atom. The van der Waals surface area contributed by atoms with Crippen molar-refractivity contribution in [1.82, 2.24) is 15.2 Å². The normalized spacial score (nSPS) is 10.5. The van der Waals surface area contributed by atoms with Crippen molar-refractivity contribution in [2.45, 2.75) is 6.61 Å². The quantitative estimate of drug-likeness (QED) is 0.881. The molecule has 0 aliphatic rings. The third-order valence-corrected chi connectivity index (χ3v) is 1.95. The standard InChI is InChI=1S/C10H8F2N4O/c11-9(12)17-8-4-2-1-3-6(8)7-5-14-16-10(13)15-7/h1-5,9H,(H2,13,15,16). The SMILES string of the molecule is Nc1nncc(-c2ccccc2OC(F)F)n1. The average Bonchev–Trinajstić information content (AvgIpc) is 2.29. The Kier molecular flexibility index (Phi) is 3.08. The van der Waals surface area contributed by atoms with E-state index >= 15 is 0 Å². The molecule has 0 spiro atoms. The van der Waals surface area contributed by atoms with Gasteiger partial charge in [0.15, 0.2) is 0 Å². The lowest BCUT2D eigenvalue weighted by Gasteiger charge is -2.09. The Morgan fingerprint density at radius 3 is 2.71 bits per heavy atom. The Labute approximate surface area is 95.3 Å². The van der Waals surface area contributed by atoms with Crippen LogP contribution in [-0.2, 0) is 0 Å². The summed E-state index contributed by atoms with van der Waals surface area (Å²) in [5.74, 6) is -0.0169. The maximum Gasteiger partial charge on any atom is 0.387 e. The second-order valence-electron chi connectivity index (χ2n) is 3.07. The van der Waals surface area contributed by atoms with Crippen molar-refractivity contribution in [3.8, 4) is 17.0 Å². The Hall–Kier alpha value is -2.31. The highest BCUT2D eigenvalue weighted by molar-refractivity contribution is 5.66. The van der Waals surface area contributed by atoms with Crippen molar-refractivity contribution in [3.63, 3.8) is 0 Å². The predicted molar refractivity (Wildman–Crippen MR) is 56.3 cm³/mol. The number of nitrogens with zero attached hydrogens (tertiary/aromatic N) is 3. The van der Waals surface area contributed by atoms with E-state index in [1.807, 2.05) is 0 Å². The van der Waals surface area contributed by atoms with Gasteiger partial charge in [-0.1, -0.05) is 12.1 Å². The van der Waals surface area contributed by atoms with E-state index in [9.17, 15) is 8.78 Å². The van der Waals surface area contributed by atoms with Crippen molar-refractivity contribution >= 4 is 5.95 Å². The van der Waals surface area contributed by atoms with Crippen LogP contribution in [0.1, 0.15) is 0 Å². The highest BCUT2D eigenvalue weighted by Crippen LogP contribution is 2.29. The van der Waals surface area contributed by atoms with E-state index in [1.54, 1.807) is 18.2 Å². The van der Waals surface area contributed by atoms with Crippen LogP contribution in [0.3, 0.4) is 0 Å². The summed E-state index contributed by atoms with van der Waals surface area (Å²) in [6, 6.07) is 6.26. The summed E-state index contributed by atoms with van der Waals surface area (Å²) in [5, 5.41) is 7.08. The number of anilines is 1. The maximum atomic E-state index is 12.2. The van der Waals surface area contributed by atoms with Crippen LogP contribution in [-0.4, -0.2) is 21.8 Å². The van der Waals surface area contributed by atoms with Crippen LogP contribution < -0.4 is 10.5 Å². The smallest absolute Gasteiger partial charge is 0.387 e. The van der Waals surface area contributed by atoms with Gasteiger partial charge >= 0.3 is 6.61 Å². The number of nitrogens with two attached hydrogens (primary N) is 1. The van der Waals surface area contributed by atoms with E-state index < -0.39 is 6.61 Å². The number of alkyl halides is 2. The summed E-state index contributed by atoms with van der Waals surface area (Å²) in [5.41, 5.74) is 6.08. The Balaban J connectivity index is 2.44. The summed E-state index contributed by atoms with van der Waals surface area (Å²) in [4.78, 5) is 3.89. The van der Waals surface area contributed by atoms with E-state index in [-0.39, 0.29) is 11.7 Å². The summed E-state index contributed by atoms with van der Waals surface area (Å²) in [7, 11) is 0. The molecule has 0 saturated carbocycles. The first-order valence-corrected chi connectivity index (χ1v) is 4.66. The van der Waals surface area contributed by atoms with Crippen molar-refractivity contribution in [3.05, 3.63) is 30.5 Å². The molecule has 0 radical (unpaired) electrons. The zero-order chi connectivity index (χ0) is 12.3. The molecule has 2 N–H and O–H groups in total. The van der Waals surface area contributed by atoms with Gasteiger partial charge in [-0.2, -0.15) is 13.9 Å². The number of nitrogen functional groups attached to an aromatic ring is 1. The summed E-state index contributed by atoms with van der Waals surface area (Å²) in [6.45, 7) is -2.90. The van der Waals surface area contributed by atoms with Crippen LogP contribution in [0.5, 0.6) is 5.75 Å². The largest absolute Gasteiger partial charge is 0.434 e. The van der Waals surface area contributed by atoms with Crippen LogP contribution in [0.4, 0.5) is 14.7 Å². The zero-order valence-corrected chi connectivity index (χ0v) is 8.55. The third-order valence-electron chi connectivity index (χ3n) is 1.95. The topological polar surface area (TPSA) is 73.9 Å². The molecule has 0 aliphatic carbocycles. The third kappa shape index (κ3) is 2.63. The molecule has 0 saturated heterocycles. The van der Waals surface area contributed by atoms with Gasteiger partial charge < -0.3 is 10.5 Å². The summed E-state index contributed by atoms with van der Waals surface area (Å²) in [6.07, 6.45) is 1.32. The fraction of sp³-hybridized carbons (Fsp3) is 0.100. The molecule has 0 bridgehead atoms. The van der Waals surface area contributed by atoms with Gasteiger partial charge in [-0.15, -0.1) is 5.10 Å². The van der Waals surface area contributed by atoms with Crippen LogP contribution >= 0.6 is 0 Å². The van der Waals surface area contributed by atoms with Crippen LogP contribution in [0.25, 0.3) is 11.3 Å². The molecule has 1 aromatic heterocycles. The molecule has 0 atom stereocenters. The van der Waals surface area contributed by atoms with Crippen molar-refractivity contribution < 1.29 is 13.5 Å². The molecule has 1 heterocycles. The lowest BCUT2D eigenvalue weighted by molar-refractivity contribution is -0.0494. The van der Waals surface area contributed by atoms with Crippen molar-refractivity contribution in [1.29, 1.82) is 0 Å². The van der Waals surface area contributed by atoms with Gasteiger partial charge in [0, 0.05) is 5.56 Å². The second-order valence-corrected chi connectivity index (χ2v) is 3.07. The first kappa shape index (κ1) is 11.2. The van der Waals surface area contributed by atoms with Gasteiger partial charge in [0.05, 0.1) is 11.9 Å². The molecule has 5 nitrogen and oxygen atoms in total. The van der Waals surface area contributed by atoms with E-state index in [0.29, 0.717) is 11.3 Å². The van der Waals surface area contributed by atoms with Gasteiger partial charge in [0.2, 0.25) is 5.95 Å². The minimum Gasteiger partial charge on any atom is -0.434 e. The van der Waals surface area contributed by atoms with E-state index in [4.69, 9.17) is 5.73 Å². The van der Waals surface area contributed by atoms with E-state index in [0.717, 1.165) is 0 Å². The molecule has 0 fully saturated rings. The van der Waals surface area contributed by atoms with Crippen LogP contribution in [0.15, 0.2) is 30.5 Å². The monoisotopic (exact) mass is 238 g/mol. The first-order valence-electron chi connectivity index (χ1n) is 4.66. The molecule has 0 unspecified atom stereocenters. The minimum atomic E-state index is -2.90. The number of halogens is 2. The molecule has 0 aliphatic heterocycles. The molecule has 88 valence electrons. The number of rotatable bonds is 3. The van der Waals surface area contributed by atoms with Crippen LogP contribution in [0.2, 0.25) is 0 Å². The fourth-order valence-electron chi connectivity index (χ4n) is 1.32. The van der Waals surface area contributed by atoms with Gasteiger partial charge in [-0.3, -0.25) is 0 Å². The highest BCUT2D eigenvalue weighted by atomic mass is 19.3. The average molecular weight is 238 g/mol. The number of ether oxygens (including phenoxy) is 1. The first-order chi connectivity index (χ1) is 8.16. The van der Waals surface area contributed by atoms with Gasteiger partial charge in [-0.05, 0) is 12.1 Å². The van der Waals surface area contributed by atoms with Gasteiger partial charge in [-0.25, -0.2) is 4.98 Å². The summed E-state index contributed by atoms with van der Waals surface area (Å²) >= 11 is 0. The molecule has 2 rings (SSSR count). The van der Waals surface area contributed by atoms with Crippen molar-refractivity contribution in [2.24, 2.45) is 0 Å². The summed E-state index contributed by atoms with van der Waals surface area (Å²) < 4.78 is 28.8.